The summed E-state index contributed by atoms with van der Waals surface area (Å²) in [7, 11) is 1.49. The first kappa shape index (κ1) is 14.3. The van der Waals surface area contributed by atoms with Crippen LogP contribution >= 0.6 is 0 Å². The van der Waals surface area contributed by atoms with E-state index in [1.165, 1.54) is 19.2 Å². The Balaban J connectivity index is 2.22. The van der Waals surface area contributed by atoms with Crippen molar-refractivity contribution < 1.29 is 19.4 Å². The van der Waals surface area contributed by atoms with Gasteiger partial charge in [-0.05, 0) is 24.6 Å². The van der Waals surface area contributed by atoms with Crippen molar-refractivity contribution in [2.75, 3.05) is 25.5 Å². The molecule has 1 aliphatic heterocycles. The summed E-state index contributed by atoms with van der Waals surface area (Å²) >= 11 is 0. The van der Waals surface area contributed by atoms with Gasteiger partial charge in [-0.3, -0.25) is 4.79 Å². The predicted octanol–water partition coefficient (Wildman–Crippen LogP) is 1.19. The van der Waals surface area contributed by atoms with Gasteiger partial charge in [0.2, 0.25) is 5.91 Å². The number of hydrogen-bond acceptors (Lipinski definition) is 4. The lowest BCUT2D eigenvalue weighted by atomic mass is 9.97. The zero-order valence-corrected chi connectivity index (χ0v) is 11.5. The highest BCUT2D eigenvalue weighted by Crippen LogP contribution is 2.25. The summed E-state index contributed by atoms with van der Waals surface area (Å²) in [6.45, 7) is 3.40. The van der Waals surface area contributed by atoms with Gasteiger partial charge >= 0.3 is 5.97 Å². The number of amides is 1. The number of anilines is 1. The molecular formula is C14H18N2O4. The fraction of sp³-hybridized carbons (Fsp3) is 0.429. The highest BCUT2D eigenvalue weighted by atomic mass is 16.5. The van der Waals surface area contributed by atoms with Crippen molar-refractivity contribution in [1.29, 1.82) is 0 Å². The molecule has 0 spiro atoms. The zero-order valence-electron chi connectivity index (χ0n) is 11.5. The van der Waals surface area contributed by atoms with Crippen LogP contribution in [-0.2, 0) is 4.79 Å². The van der Waals surface area contributed by atoms with Crippen molar-refractivity contribution in [1.82, 2.24) is 5.32 Å². The molecule has 1 fully saturated rings. The van der Waals surface area contributed by atoms with Gasteiger partial charge in [0.15, 0.2) is 0 Å². The lowest BCUT2D eigenvalue weighted by Gasteiger charge is -2.16. The molecule has 1 aromatic rings. The smallest absolute Gasteiger partial charge is 0.337 e. The Labute approximate surface area is 117 Å². The fourth-order valence-corrected chi connectivity index (χ4v) is 2.33. The molecule has 2 rings (SSSR count). The lowest BCUT2D eigenvalue weighted by molar-refractivity contribution is -0.120. The molecule has 1 aromatic carbocycles. The number of methoxy groups -OCH3 is 1. The van der Waals surface area contributed by atoms with Crippen LogP contribution in [0.1, 0.15) is 17.3 Å². The molecule has 3 N–H and O–H groups in total. The minimum atomic E-state index is -1.08. The average molecular weight is 278 g/mol. The van der Waals surface area contributed by atoms with Gasteiger partial charge in [0.25, 0.3) is 0 Å². The molecule has 2 atom stereocenters. The molecular weight excluding hydrogens is 260 g/mol. The molecule has 108 valence electrons. The van der Waals surface area contributed by atoms with E-state index in [2.05, 4.69) is 10.6 Å². The Hall–Kier alpha value is -2.08. The number of hydrogen-bond donors (Lipinski definition) is 3. The first-order valence-corrected chi connectivity index (χ1v) is 6.46. The lowest BCUT2D eigenvalue weighted by Crippen LogP contribution is -2.28. The molecule has 0 aliphatic carbocycles. The van der Waals surface area contributed by atoms with Crippen LogP contribution in [0.25, 0.3) is 0 Å². The van der Waals surface area contributed by atoms with Gasteiger partial charge in [-0.25, -0.2) is 4.79 Å². The normalized spacial score (nSPS) is 21.5. The summed E-state index contributed by atoms with van der Waals surface area (Å²) in [6.07, 6.45) is 0. The molecule has 0 aromatic heterocycles. The molecule has 20 heavy (non-hydrogen) atoms. The Morgan fingerprint density at radius 1 is 1.40 bits per heavy atom. The second kappa shape index (κ2) is 5.92. The maximum Gasteiger partial charge on any atom is 0.337 e. The van der Waals surface area contributed by atoms with E-state index < -0.39 is 5.97 Å². The molecule has 0 bridgehead atoms. The third-order valence-corrected chi connectivity index (χ3v) is 3.57. The van der Waals surface area contributed by atoms with Gasteiger partial charge in [0, 0.05) is 12.6 Å². The summed E-state index contributed by atoms with van der Waals surface area (Å²) in [5, 5.41) is 15.0. The van der Waals surface area contributed by atoms with E-state index >= 15 is 0 Å². The van der Waals surface area contributed by atoms with Gasteiger partial charge in [-0.1, -0.05) is 6.92 Å². The Kier molecular flexibility index (Phi) is 4.24. The predicted molar refractivity (Wildman–Crippen MR) is 74.1 cm³/mol. The second-order valence-corrected chi connectivity index (χ2v) is 4.95. The Morgan fingerprint density at radius 3 is 2.70 bits per heavy atom. The van der Waals surface area contributed by atoms with Crippen LogP contribution in [0.3, 0.4) is 0 Å². The fourth-order valence-electron chi connectivity index (χ4n) is 2.33. The molecule has 1 heterocycles. The molecule has 0 radical (unpaired) electrons. The number of carbonyl (C=O) groups excluding carboxylic acids is 1. The summed E-state index contributed by atoms with van der Waals surface area (Å²) in [4.78, 5) is 23.4. The van der Waals surface area contributed by atoms with Crippen LogP contribution in [0.15, 0.2) is 18.2 Å². The third kappa shape index (κ3) is 2.91. The van der Waals surface area contributed by atoms with Crippen LogP contribution < -0.4 is 15.4 Å². The summed E-state index contributed by atoms with van der Waals surface area (Å²) in [6, 6.07) is 4.50. The van der Waals surface area contributed by atoms with Crippen LogP contribution in [0.4, 0.5) is 5.69 Å². The van der Waals surface area contributed by atoms with E-state index in [0.717, 1.165) is 6.54 Å². The van der Waals surface area contributed by atoms with E-state index in [1.54, 1.807) is 6.07 Å². The van der Waals surface area contributed by atoms with Gasteiger partial charge in [-0.2, -0.15) is 0 Å². The van der Waals surface area contributed by atoms with Crippen molar-refractivity contribution in [3.8, 4) is 5.75 Å². The largest absolute Gasteiger partial charge is 0.497 e. The monoisotopic (exact) mass is 278 g/mol. The maximum absolute atomic E-state index is 12.2. The standard InChI is InChI=1S/C14H18N2O4/c1-8-6-15-7-11(8)13(17)16-12-5-9(20-2)3-4-10(12)14(18)19/h3-5,8,11,15H,6-7H2,1-2H3,(H,16,17)(H,18,19)/t8-,11-/m1/s1. The maximum atomic E-state index is 12.2. The van der Waals surface area contributed by atoms with Crippen molar-refractivity contribution >= 4 is 17.6 Å². The van der Waals surface area contributed by atoms with Crippen LogP contribution in [0, 0.1) is 11.8 Å². The van der Waals surface area contributed by atoms with Gasteiger partial charge < -0.3 is 20.5 Å². The first-order chi connectivity index (χ1) is 9.52. The number of rotatable bonds is 4. The number of carboxylic acid groups (broad SMARTS) is 1. The second-order valence-electron chi connectivity index (χ2n) is 4.95. The van der Waals surface area contributed by atoms with Crippen LogP contribution in [0.2, 0.25) is 0 Å². The highest BCUT2D eigenvalue weighted by Gasteiger charge is 2.30. The van der Waals surface area contributed by atoms with Gasteiger partial charge in [0.1, 0.15) is 5.75 Å². The minimum Gasteiger partial charge on any atom is -0.497 e. The molecule has 1 aliphatic rings. The first-order valence-electron chi connectivity index (χ1n) is 6.46. The molecule has 6 nitrogen and oxygen atoms in total. The molecule has 6 heteroatoms. The molecule has 0 saturated carbocycles. The van der Waals surface area contributed by atoms with Crippen molar-refractivity contribution in [3.05, 3.63) is 23.8 Å². The number of aromatic carboxylic acids is 1. The molecule has 1 saturated heterocycles. The van der Waals surface area contributed by atoms with E-state index in [9.17, 15) is 9.59 Å². The highest BCUT2D eigenvalue weighted by molar-refractivity contribution is 6.01. The number of carboxylic acids is 1. The van der Waals surface area contributed by atoms with Gasteiger partial charge in [-0.15, -0.1) is 0 Å². The number of carbonyl (C=O) groups is 2. The van der Waals surface area contributed by atoms with E-state index in [1.807, 2.05) is 6.92 Å². The number of ether oxygens (including phenoxy) is 1. The SMILES string of the molecule is COc1ccc(C(=O)O)c(NC(=O)[C@@H]2CNC[C@H]2C)c1. The van der Waals surface area contributed by atoms with Crippen LogP contribution in [0.5, 0.6) is 5.75 Å². The summed E-state index contributed by atoms with van der Waals surface area (Å²) in [5.74, 6) is -0.668. The van der Waals surface area contributed by atoms with Crippen molar-refractivity contribution in [2.45, 2.75) is 6.92 Å². The molecule has 1 amide bonds. The molecule has 0 unspecified atom stereocenters. The van der Waals surface area contributed by atoms with Crippen molar-refractivity contribution in [3.63, 3.8) is 0 Å². The number of nitrogens with one attached hydrogen (secondary N) is 2. The Morgan fingerprint density at radius 2 is 2.15 bits per heavy atom. The topological polar surface area (TPSA) is 87.7 Å². The Bertz CT molecular complexity index is 530. The van der Waals surface area contributed by atoms with Crippen LogP contribution in [-0.4, -0.2) is 37.2 Å². The quantitative estimate of drug-likeness (QED) is 0.770. The zero-order chi connectivity index (χ0) is 14.7. The number of benzene rings is 1. The third-order valence-electron chi connectivity index (χ3n) is 3.57. The van der Waals surface area contributed by atoms with Crippen molar-refractivity contribution in [2.24, 2.45) is 11.8 Å². The van der Waals surface area contributed by atoms with E-state index in [0.29, 0.717) is 12.3 Å². The summed E-state index contributed by atoms with van der Waals surface area (Å²) < 4.78 is 5.06. The van der Waals surface area contributed by atoms with E-state index in [4.69, 9.17) is 9.84 Å². The van der Waals surface area contributed by atoms with Gasteiger partial charge in [0.05, 0.1) is 24.3 Å². The minimum absolute atomic E-state index is 0.0535. The summed E-state index contributed by atoms with van der Waals surface area (Å²) in [5.41, 5.74) is 0.318. The van der Waals surface area contributed by atoms with E-state index in [-0.39, 0.29) is 29.0 Å². The average Bonchev–Trinajstić information content (AvgIpc) is 2.84.